The zero-order valence-corrected chi connectivity index (χ0v) is 17.0. The molecule has 2 aliphatic rings. The van der Waals surface area contributed by atoms with Crippen LogP contribution in [-0.2, 0) is 26.1 Å². The number of hydrogen-bond acceptors (Lipinski definition) is 6. The second-order valence-electron chi connectivity index (χ2n) is 7.31. The standard InChI is InChI=1S/C15H24N2O4S.C2HF3O2/c1-16(11-14-4-3-9-20-14)13-10-15(21-12-13)5-7-17(8-6-15)22(2,18)19;3-2(4,5)1(6)7/h3-4,9,13H,5-8,10-12H2,1-2H3;(H,6,7). The number of nitrogens with zero attached hydrogens (tertiary/aromatic N) is 2. The van der Waals surface area contributed by atoms with Crippen molar-refractivity contribution in [3.8, 4) is 0 Å². The van der Waals surface area contributed by atoms with Gasteiger partial charge in [0.05, 0.1) is 31.3 Å². The second-order valence-corrected chi connectivity index (χ2v) is 9.29. The smallest absolute Gasteiger partial charge is 0.475 e. The van der Waals surface area contributed by atoms with Gasteiger partial charge in [-0.05, 0) is 38.4 Å². The van der Waals surface area contributed by atoms with Crippen LogP contribution in [0.5, 0.6) is 0 Å². The number of sulfonamides is 1. The minimum Gasteiger partial charge on any atom is -0.475 e. The highest BCUT2D eigenvalue weighted by Crippen LogP contribution is 2.38. The van der Waals surface area contributed by atoms with Gasteiger partial charge in [-0.25, -0.2) is 17.5 Å². The summed E-state index contributed by atoms with van der Waals surface area (Å²) in [6, 6.07) is 4.23. The Hall–Kier alpha value is -1.63. The van der Waals surface area contributed by atoms with Gasteiger partial charge in [-0.15, -0.1) is 0 Å². The Bertz CT molecular complexity index is 774. The van der Waals surface area contributed by atoms with Crippen molar-refractivity contribution in [3.63, 3.8) is 0 Å². The molecule has 1 aromatic rings. The molecule has 0 aliphatic carbocycles. The lowest BCUT2D eigenvalue weighted by Crippen LogP contribution is -2.46. The number of ether oxygens (including phenoxy) is 1. The van der Waals surface area contributed by atoms with Crippen LogP contribution in [-0.4, -0.2) is 79.5 Å². The normalized spacial score (nSPS) is 22.5. The monoisotopic (exact) mass is 442 g/mol. The number of alkyl halides is 3. The van der Waals surface area contributed by atoms with Gasteiger partial charge in [-0.2, -0.15) is 13.2 Å². The molecule has 12 heteroatoms. The van der Waals surface area contributed by atoms with Crippen LogP contribution in [0.15, 0.2) is 22.8 Å². The Morgan fingerprint density at radius 3 is 2.41 bits per heavy atom. The van der Waals surface area contributed by atoms with Crippen LogP contribution in [0.3, 0.4) is 0 Å². The lowest BCUT2D eigenvalue weighted by atomic mass is 9.88. The first-order valence-corrected chi connectivity index (χ1v) is 10.8. The fourth-order valence-corrected chi connectivity index (χ4v) is 4.30. The van der Waals surface area contributed by atoms with E-state index in [-0.39, 0.29) is 5.60 Å². The third-order valence-electron chi connectivity index (χ3n) is 5.14. The number of carboxylic acids is 1. The van der Waals surface area contributed by atoms with E-state index in [4.69, 9.17) is 19.1 Å². The van der Waals surface area contributed by atoms with E-state index in [2.05, 4.69) is 11.9 Å². The van der Waals surface area contributed by atoms with Crippen LogP contribution in [0.2, 0.25) is 0 Å². The fourth-order valence-electron chi connectivity index (χ4n) is 3.45. The summed E-state index contributed by atoms with van der Waals surface area (Å²) in [7, 11) is -0.997. The quantitative estimate of drug-likeness (QED) is 0.761. The number of carboxylic acid groups (broad SMARTS) is 1. The molecule has 3 rings (SSSR count). The van der Waals surface area contributed by atoms with Crippen molar-refractivity contribution >= 4 is 16.0 Å². The minimum absolute atomic E-state index is 0.150. The lowest BCUT2D eigenvalue weighted by molar-refractivity contribution is -0.192. The molecule has 2 fully saturated rings. The number of rotatable bonds is 4. The van der Waals surface area contributed by atoms with Crippen molar-refractivity contribution in [2.75, 3.05) is 33.0 Å². The summed E-state index contributed by atoms with van der Waals surface area (Å²) < 4.78 is 68.0. The Kier molecular flexibility index (Phi) is 7.36. The third-order valence-corrected chi connectivity index (χ3v) is 6.45. The SMILES string of the molecule is CN(Cc1ccco1)C1COC2(CCN(S(C)(=O)=O)CC2)C1.O=C(O)C(F)(F)F. The van der Waals surface area contributed by atoms with E-state index in [1.807, 2.05) is 12.1 Å². The molecule has 0 amide bonds. The van der Waals surface area contributed by atoms with E-state index in [0.29, 0.717) is 25.7 Å². The van der Waals surface area contributed by atoms with Gasteiger partial charge in [0.2, 0.25) is 10.0 Å². The van der Waals surface area contributed by atoms with Gasteiger partial charge in [0.15, 0.2) is 0 Å². The van der Waals surface area contributed by atoms with Crippen LogP contribution < -0.4 is 0 Å². The lowest BCUT2D eigenvalue weighted by Gasteiger charge is -2.37. The number of carbonyl (C=O) groups is 1. The zero-order valence-electron chi connectivity index (χ0n) is 16.2. The zero-order chi connectivity index (χ0) is 21.9. The van der Waals surface area contributed by atoms with Crippen LogP contribution >= 0.6 is 0 Å². The molecule has 0 bridgehead atoms. The average molecular weight is 442 g/mol. The summed E-state index contributed by atoms with van der Waals surface area (Å²) in [4.78, 5) is 11.2. The number of hydrogen-bond donors (Lipinski definition) is 1. The first-order valence-electron chi connectivity index (χ1n) is 8.94. The number of likely N-dealkylation sites (N-methyl/N-ethyl adjacent to an activating group) is 1. The second kappa shape index (κ2) is 9.02. The predicted octanol–water partition coefficient (Wildman–Crippen LogP) is 1.93. The van der Waals surface area contributed by atoms with Crippen LogP contribution in [0.4, 0.5) is 13.2 Å². The van der Waals surface area contributed by atoms with Crippen LogP contribution in [0.1, 0.15) is 25.0 Å². The largest absolute Gasteiger partial charge is 0.490 e. The third kappa shape index (κ3) is 6.69. The van der Waals surface area contributed by atoms with Gasteiger partial charge in [-0.3, -0.25) is 4.90 Å². The molecular weight excluding hydrogens is 417 g/mol. The summed E-state index contributed by atoms with van der Waals surface area (Å²) in [6.07, 6.45) is 0.412. The predicted molar refractivity (Wildman–Crippen MR) is 96.6 cm³/mol. The van der Waals surface area contributed by atoms with E-state index >= 15 is 0 Å². The first kappa shape index (κ1) is 23.6. The maximum atomic E-state index is 11.6. The Morgan fingerprint density at radius 2 is 1.97 bits per heavy atom. The highest BCUT2D eigenvalue weighted by molar-refractivity contribution is 7.88. The maximum absolute atomic E-state index is 11.6. The van der Waals surface area contributed by atoms with Crippen molar-refractivity contribution in [1.82, 2.24) is 9.21 Å². The maximum Gasteiger partial charge on any atom is 0.490 e. The summed E-state index contributed by atoms with van der Waals surface area (Å²) in [6.45, 7) is 2.60. The van der Waals surface area contributed by atoms with Crippen LogP contribution in [0, 0.1) is 0 Å². The van der Waals surface area contributed by atoms with Gasteiger partial charge < -0.3 is 14.3 Å². The van der Waals surface area contributed by atoms with Crippen LogP contribution in [0.25, 0.3) is 0 Å². The molecule has 1 aromatic heterocycles. The van der Waals surface area contributed by atoms with Gasteiger partial charge >= 0.3 is 12.1 Å². The molecule has 0 saturated carbocycles. The first-order chi connectivity index (χ1) is 13.3. The summed E-state index contributed by atoms with van der Waals surface area (Å²) in [5.41, 5.74) is -0.150. The van der Waals surface area contributed by atoms with Crippen molar-refractivity contribution < 1.29 is 40.6 Å². The molecule has 0 radical (unpaired) electrons. The van der Waals surface area contributed by atoms with E-state index in [1.54, 1.807) is 10.6 Å². The summed E-state index contributed by atoms with van der Waals surface area (Å²) in [5, 5.41) is 7.12. The molecule has 1 N–H and O–H groups in total. The van der Waals surface area contributed by atoms with Gasteiger partial charge in [0.25, 0.3) is 0 Å². The minimum atomic E-state index is -5.08. The van der Waals surface area contributed by atoms with Crippen molar-refractivity contribution in [2.24, 2.45) is 0 Å². The van der Waals surface area contributed by atoms with E-state index in [0.717, 1.165) is 31.6 Å². The Morgan fingerprint density at radius 1 is 1.38 bits per heavy atom. The number of furan rings is 1. The van der Waals surface area contributed by atoms with E-state index in [9.17, 15) is 21.6 Å². The highest BCUT2D eigenvalue weighted by Gasteiger charge is 2.45. The molecule has 1 spiro atoms. The number of piperidine rings is 1. The molecule has 2 aliphatic heterocycles. The van der Waals surface area contributed by atoms with Crippen molar-refractivity contribution in [3.05, 3.63) is 24.2 Å². The molecular formula is C17H25F3N2O6S. The molecule has 1 atom stereocenters. The molecule has 3 heterocycles. The van der Waals surface area contributed by atoms with Crippen molar-refractivity contribution in [1.29, 1.82) is 0 Å². The van der Waals surface area contributed by atoms with Crippen molar-refractivity contribution in [2.45, 2.75) is 43.6 Å². The molecule has 166 valence electrons. The molecule has 0 aromatic carbocycles. The Balaban J connectivity index is 0.000000370. The molecule has 1 unspecified atom stereocenters. The van der Waals surface area contributed by atoms with Gasteiger partial charge in [0.1, 0.15) is 5.76 Å². The number of halogens is 3. The average Bonchev–Trinajstić information content (AvgIpc) is 3.24. The number of aliphatic carboxylic acids is 1. The molecule has 29 heavy (non-hydrogen) atoms. The summed E-state index contributed by atoms with van der Waals surface area (Å²) in [5.74, 6) is -1.80. The molecule has 8 nitrogen and oxygen atoms in total. The van der Waals surface area contributed by atoms with Gasteiger partial charge in [-0.1, -0.05) is 0 Å². The topological polar surface area (TPSA) is 100 Å². The summed E-state index contributed by atoms with van der Waals surface area (Å²) >= 11 is 0. The molecule has 2 saturated heterocycles. The Labute approximate surface area is 167 Å². The van der Waals surface area contributed by atoms with E-state index < -0.39 is 22.2 Å². The highest BCUT2D eigenvalue weighted by atomic mass is 32.2. The fraction of sp³-hybridized carbons (Fsp3) is 0.706. The van der Waals surface area contributed by atoms with E-state index in [1.165, 1.54) is 6.26 Å². The van der Waals surface area contributed by atoms with Gasteiger partial charge in [0, 0.05) is 19.1 Å².